The predicted octanol–water partition coefficient (Wildman–Crippen LogP) is 3.96. The van der Waals surface area contributed by atoms with Crippen LogP contribution in [0.15, 0.2) is 36.4 Å². The molecule has 0 saturated carbocycles. The summed E-state index contributed by atoms with van der Waals surface area (Å²) in [4.78, 5) is 22.9. The number of amides is 1. The van der Waals surface area contributed by atoms with Gasteiger partial charge >= 0.3 is 0 Å². The lowest BCUT2D eigenvalue weighted by Gasteiger charge is -2.12. The fraction of sp³-hybridized carbons (Fsp3) is 0.267. The number of thiophene rings is 1. The summed E-state index contributed by atoms with van der Waals surface area (Å²) in [5, 5.41) is 13.4. The van der Waals surface area contributed by atoms with Crippen molar-refractivity contribution in [1.82, 2.24) is 5.32 Å². The van der Waals surface area contributed by atoms with E-state index >= 15 is 0 Å². The van der Waals surface area contributed by atoms with Gasteiger partial charge in [-0.25, -0.2) is 0 Å². The molecule has 2 rings (SSSR count). The highest BCUT2D eigenvalue weighted by molar-refractivity contribution is 7.16. The van der Waals surface area contributed by atoms with Gasteiger partial charge in [-0.1, -0.05) is 11.6 Å². The van der Waals surface area contributed by atoms with Gasteiger partial charge in [0, 0.05) is 17.0 Å². The summed E-state index contributed by atoms with van der Waals surface area (Å²) < 4.78 is 6.08. The second-order valence-corrected chi connectivity index (χ2v) is 6.53. The highest BCUT2D eigenvalue weighted by atomic mass is 35.5. The molecule has 0 aliphatic heterocycles. The van der Waals surface area contributed by atoms with Crippen molar-refractivity contribution in [3.05, 3.63) is 55.7 Å². The number of nitro groups is 1. The van der Waals surface area contributed by atoms with Crippen LogP contribution in [0.1, 0.15) is 24.3 Å². The molecule has 0 aliphatic carbocycles. The Bertz CT molecular complexity index is 687. The van der Waals surface area contributed by atoms with Crippen LogP contribution in [-0.2, 0) is 4.79 Å². The normalized spacial score (nSPS) is 11.7. The van der Waals surface area contributed by atoms with Gasteiger partial charge in [0.1, 0.15) is 5.75 Å². The lowest BCUT2D eigenvalue weighted by Crippen LogP contribution is -2.27. The van der Waals surface area contributed by atoms with Crippen molar-refractivity contribution in [2.75, 3.05) is 6.61 Å². The lowest BCUT2D eigenvalue weighted by atomic mass is 10.2. The molecule has 8 heteroatoms. The summed E-state index contributed by atoms with van der Waals surface area (Å²) in [5.41, 5.74) is -0.00136. The van der Waals surface area contributed by atoms with Gasteiger partial charge in [0.2, 0.25) is 5.91 Å². The molecule has 0 spiro atoms. The third kappa shape index (κ3) is 5.22. The van der Waals surface area contributed by atoms with Crippen molar-refractivity contribution in [2.45, 2.75) is 19.4 Å². The molecule has 2 aromatic rings. The third-order valence-corrected chi connectivity index (χ3v) is 4.46. The molecule has 0 saturated heterocycles. The fourth-order valence-corrected chi connectivity index (χ4v) is 2.93. The highest BCUT2D eigenvalue weighted by Gasteiger charge is 2.12. The maximum Gasteiger partial charge on any atom is 0.269 e. The number of ether oxygens (including phenoxy) is 1. The zero-order valence-corrected chi connectivity index (χ0v) is 13.9. The molecule has 1 heterocycles. The molecule has 0 unspecified atom stereocenters. The average Bonchev–Trinajstić information content (AvgIpc) is 2.94. The van der Waals surface area contributed by atoms with Gasteiger partial charge in [-0.05, 0) is 31.2 Å². The van der Waals surface area contributed by atoms with E-state index in [2.05, 4.69) is 5.32 Å². The van der Waals surface area contributed by atoms with Crippen molar-refractivity contribution in [1.29, 1.82) is 0 Å². The number of hydrogen-bond acceptors (Lipinski definition) is 5. The van der Waals surface area contributed by atoms with Crippen LogP contribution in [0.3, 0.4) is 0 Å². The Labute approximate surface area is 142 Å². The minimum absolute atomic E-state index is 0.00136. The molecule has 1 amide bonds. The van der Waals surface area contributed by atoms with E-state index in [1.165, 1.54) is 35.6 Å². The Morgan fingerprint density at radius 3 is 2.61 bits per heavy atom. The average molecular weight is 355 g/mol. The largest absolute Gasteiger partial charge is 0.493 e. The molecule has 0 bridgehead atoms. The molecule has 1 aromatic heterocycles. The number of rotatable bonds is 7. The van der Waals surface area contributed by atoms with Gasteiger partial charge in [0.05, 0.1) is 28.3 Å². The van der Waals surface area contributed by atoms with Crippen molar-refractivity contribution in [3.8, 4) is 5.75 Å². The first kappa shape index (κ1) is 17.2. The molecule has 0 fully saturated rings. The fourth-order valence-electron chi connectivity index (χ4n) is 1.87. The summed E-state index contributed by atoms with van der Waals surface area (Å²) in [6, 6.07) is 9.29. The predicted molar refractivity (Wildman–Crippen MR) is 89.1 cm³/mol. The van der Waals surface area contributed by atoms with Crippen LogP contribution in [0.25, 0.3) is 0 Å². The van der Waals surface area contributed by atoms with E-state index in [0.717, 1.165) is 4.88 Å². The smallest absolute Gasteiger partial charge is 0.269 e. The van der Waals surface area contributed by atoms with Crippen LogP contribution in [0.4, 0.5) is 5.69 Å². The van der Waals surface area contributed by atoms with Gasteiger partial charge in [-0.15, -0.1) is 11.3 Å². The van der Waals surface area contributed by atoms with Gasteiger partial charge < -0.3 is 10.1 Å². The first-order chi connectivity index (χ1) is 11.0. The number of nitrogens with one attached hydrogen (secondary N) is 1. The monoisotopic (exact) mass is 354 g/mol. The van der Waals surface area contributed by atoms with Gasteiger partial charge in [-0.3, -0.25) is 14.9 Å². The minimum atomic E-state index is -0.477. The summed E-state index contributed by atoms with van der Waals surface area (Å²) in [7, 11) is 0. The number of nitrogens with zero attached hydrogens (tertiary/aromatic N) is 1. The Morgan fingerprint density at radius 2 is 2.04 bits per heavy atom. The zero-order valence-electron chi connectivity index (χ0n) is 12.3. The van der Waals surface area contributed by atoms with Gasteiger partial charge in [-0.2, -0.15) is 0 Å². The molecule has 0 aliphatic rings. The van der Waals surface area contributed by atoms with Gasteiger partial charge in [0.15, 0.2) is 0 Å². The van der Waals surface area contributed by atoms with Crippen LogP contribution in [0.5, 0.6) is 5.75 Å². The number of carbonyl (C=O) groups excluding carboxylic acids is 1. The molecule has 23 heavy (non-hydrogen) atoms. The molecular formula is C15H15ClN2O4S. The van der Waals surface area contributed by atoms with E-state index < -0.39 is 4.92 Å². The van der Waals surface area contributed by atoms with Crippen LogP contribution in [-0.4, -0.2) is 17.4 Å². The molecule has 1 N–H and O–H groups in total. The van der Waals surface area contributed by atoms with Crippen LogP contribution >= 0.6 is 22.9 Å². The summed E-state index contributed by atoms with van der Waals surface area (Å²) in [5.74, 6) is 0.352. The summed E-state index contributed by atoms with van der Waals surface area (Å²) in [6.07, 6.45) is 0.195. The van der Waals surface area contributed by atoms with Crippen molar-refractivity contribution >= 4 is 34.5 Å². The number of carbonyl (C=O) groups is 1. The number of benzene rings is 1. The molecule has 122 valence electrons. The lowest BCUT2D eigenvalue weighted by molar-refractivity contribution is -0.384. The molecule has 6 nitrogen and oxygen atoms in total. The number of hydrogen-bond donors (Lipinski definition) is 1. The van der Waals surface area contributed by atoms with E-state index in [1.54, 1.807) is 6.07 Å². The Balaban J connectivity index is 1.75. The maximum atomic E-state index is 11.9. The van der Waals surface area contributed by atoms with E-state index in [4.69, 9.17) is 16.3 Å². The SMILES string of the molecule is C[C@H](NC(=O)CCOc1ccc([N+](=O)[O-])cc1)c1ccc(Cl)s1. The van der Waals surface area contributed by atoms with E-state index in [9.17, 15) is 14.9 Å². The van der Waals surface area contributed by atoms with E-state index in [0.29, 0.717) is 10.1 Å². The molecule has 0 radical (unpaired) electrons. The maximum absolute atomic E-state index is 11.9. The van der Waals surface area contributed by atoms with Crippen LogP contribution in [0.2, 0.25) is 4.34 Å². The van der Waals surface area contributed by atoms with E-state index in [1.807, 2.05) is 13.0 Å². The van der Waals surface area contributed by atoms with Crippen molar-refractivity contribution < 1.29 is 14.5 Å². The van der Waals surface area contributed by atoms with Crippen molar-refractivity contribution in [3.63, 3.8) is 0 Å². The standard InChI is InChI=1S/C15H15ClN2O4S/c1-10(13-6-7-14(16)23-13)17-15(19)8-9-22-12-4-2-11(3-5-12)18(20)21/h2-7,10H,8-9H2,1H3,(H,17,19)/t10-/m0/s1. The second-order valence-electron chi connectivity index (χ2n) is 4.78. The first-order valence-corrected chi connectivity index (χ1v) is 8.07. The number of nitro benzene ring substituents is 1. The highest BCUT2D eigenvalue weighted by Crippen LogP contribution is 2.26. The van der Waals surface area contributed by atoms with Gasteiger partial charge in [0.25, 0.3) is 5.69 Å². The van der Waals surface area contributed by atoms with E-state index in [-0.39, 0.29) is 30.7 Å². The minimum Gasteiger partial charge on any atom is -0.493 e. The third-order valence-electron chi connectivity index (χ3n) is 3.04. The molecule has 1 atom stereocenters. The molecule has 1 aromatic carbocycles. The Morgan fingerprint density at radius 1 is 1.35 bits per heavy atom. The summed E-state index contributed by atoms with van der Waals surface area (Å²) in [6.45, 7) is 2.08. The quantitative estimate of drug-likeness (QED) is 0.602. The van der Waals surface area contributed by atoms with Crippen LogP contribution in [0, 0.1) is 10.1 Å². The summed E-state index contributed by atoms with van der Waals surface area (Å²) >= 11 is 7.29. The molecular weight excluding hydrogens is 340 g/mol. The second kappa shape index (κ2) is 7.94. The topological polar surface area (TPSA) is 81.5 Å². The van der Waals surface area contributed by atoms with Crippen LogP contribution < -0.4 is 10.1 Å². The number of non-ortho nitro benzene ring substituents is 1. The Kier molecular flexibility index (Phi) is 5.95. The van der Waals surface area contributed by atoms with Crippen molar-refractivity contribution in [2.24, 2.45) is 0 Å². The number of halogens is 1. The Hall–Kier alpha value is -2.12. The first-order valence-electron chi connectivity index (χ1n) is 6.87. The zero-order chi connectivity index (χ0) is 16.8.